The van der Waals surface area contributed by atoms with Crippen molar-refractivity contribution in [1.82, 2.24) is 0 Å². The molecular formula is C13H9BBrClFNO3. The molecule has 0 aliphatic rings. The van der Waals surface area contributed by atoms with Crippen LogP contribution in [0.2, 0.25) is 5.02 Å². The molecule has 1 amide bonds. The fraction of sp³-hybridized carbons (Fsp3) is 0. The van der Waals surface area contributed by atoms with E-state index < -0.39 is 18.8 Å². The first-order valence-corrected chi connectivity index (χ1v) is 6.97. The molecule has 0 saturated carbocycles. The molecule has 4 nitrogen and oxygen atoms in total. The lowest BCUT2D eigenvalue weighted by molar-refractivity contribution is 0.102. The fourth-order valence-electron chi connectivity index (χ4n) is 1.67. The summed E-state index contributed by atoms with van der Waals surface area (Å²) in [5, 5.41) is 21.1. The highest BCUT2D eigenvalue weighted by atomic mass is 79.9. The Balaban J connectivity index is 2.26. The first-order chi connectivity index (χ1) is 9.88. The molecule has 0 aromatic heterocycles. The molecule has 8 heteroatoms. The van der Waals surface area contributed by atoms with Crippen LogP contribution in [0.5, 0.6) is 0 Å². The Morgan fingerprint density at radius 2 is 1.95 bits per heavy atom. The number of halogens is 3. The highest BCUT2D eigenvalue weighted by Crippen LogP contribution is 2.23. The molecule has 0 aliphatic carbocycles. The highest BCUT2D eigenvalue weighted by Gasteiger charge is 2.18. The molecule has 0 heterocycles. The van der Waals surface area contributed by atoms with Crippen LogP contribution >= 0.6 is 27.5 Å². The number of nitrogens with one attached hydrogen (secondary N) is 1. The van der Waals surface area contributed by atoms with E-state index in [1.54, 1.807) is 0 Å². The maximum atomic E-state index is 13.0. The second-order valence-electron chi connectivity index (χ2n) is 4.19. The van der Waals surface area contributed by atoms with Gasteiger partial charge in [-0.3, -0.25) is 4.79 Å². The zero-order valence-electron chi connectivity index (χ0n) is 10.5. The van der Waals surface area contributed by atoms with Gasteiger partial charge < -0.3 is 15.4 Å². The second-order valence-corrected chi connectivity index (χ2v) is 5.45. The van der Waals surface area contributed by atoms with Gasteiger partial charge in [-0.15, -0.1) is 0 Å². The van der Waals surface area contributed by atoms with E-state index in [1.807, 2.05) is 0 Å². The summed E-state index contributed by atoms with van der Waals surface area (Å²) in [4.78, 5) is 12.1. The molecule has 21 heavy (non-hydrogen) atoms. The summed E-state index contributed by atoms with van der Waals surface area (Å²) >= 11 is 8.94. The number of carbonyl (C=O) groups excluding carboxylic acids is 1. The number of carbonyl (C=O) groups is 1. The number of anilines is 1. The molecule has 0 unspecified atom stereocenters. The Hall–Kier alpha value is -1.41. The number of hydrogen-bond donors (Lipinski definition) is 3. The SMILES string of the molecule is O=C(Nc1ccc(F)cc1Br)c1ccc(Cl)c(B(O)O)c1. The predicted molar refractivity (Wildman–Crippen MR) is 83.3 cm³/mol. The van der Waals surface area contributed by atoms with Crippen molar-refractivity contribution in [2.45, 2.75) is 0 Å². The van der Waals surface area contributed by atoms with Crippen LogP contribution in [0, 0.1) is 5.82 Å². The normalized spacial score (nSPS) is 10.3. The van der Waals surface area contributed by atoms with E-state index in [9.17, 15) is 9.18 Å². The van der Waals surface area contributed by atoms with Crippen LogP contribution in [0.1, 0.15) is 10.4 Å². The smallest absolute Gasteiger partial charge is 0.423 e. The van der Waals surface area contributed by atoms with Crippen molar-refractivity contribution in [3.05, 3.63) is 57.3 Å². The van der Waals surface area contributed by atoms with Gasteiger partial charge >= 0.3 is 7.12 Å². The molecule has 0 aliphatic heterocycles. The minimum Gasteiger partial charge on any atom is -0.423 e. The third-order valence-corrected chi connectivity index (χ3v) is 3.72. The van der Waals surface area contributed by atoms with E-state index in [-0.39, 0.29) is 16.0 Å². The molecule has 0 atom stereocenters. The summed E-state index contributed by atoms with van der Waals surface area (Å²) in [6.07, 6.45) is 0. The van der Waals surface area contributed by atoms with Crippen LogP contribution in [-0.2, 0) is 0 Å². The van der Waals surface area contributed by atoms with Crippen molar-refractivity contribution in [2.24, 2.45) is 0 Å². The summed E-state index contributed by atoms with van der Waals surface area (Å²) in [5.41, 5.74) is 0.615. The lowest BCUT2D eigenvalue weighted by Crippen LogP contribution is -2.32. The van der Waals surface area contributed by atoms with Gasteiger partial charge in [0.1, 0.15) is 5.82 Å². The van der Waals surface area contributed by atoms with Crippen LogP contribution in [0.25, 0.3) is 0 Å². The first-order valence-electron chi connectivity index (χ1n) is 5.80. The zero-order valence-corrected chi connectivity index (χ0v) is 12.8. The highest BCUT2D eigenvalue weighted by molar-refractivity contribution is 9.10. The average Bonchev–Trinajstić information content (AvgIpc) is 2.42. The lowest BCUT2D eigenvalue weighted by atomic mass is 9.79. The Morgan fingerprint density at radius 3 is 2.57 bits per heavy atom. The van der Waals surface area contributed by atoms with Crippen LogP contribution in [0.3, 0.4) is 0 Å². The van der Waals surface area contributed by atoms with Crippen LogP contribution in [-0.4, -0.2) is 23.1 Å². The Bertz CT molecular complexity index is 699. The minimum absolute atomic E-state index is 0.0301. The van der Waals surface area contributed by atoms with Gasteiger partial charge in [-0.2, -0.15) is 0 Å². The van der Waals surface area contributed by atoms with Gasteiger partial charge in [0, 0.05) is 20.5 Å². The van der Waals surface area contributed by atoms with Gasteiger partial charge in [0.05, 0.1) is 5.69 Å². The molecule has 0 spiro atoms. The predicted octanol–water partition coefficient (Wildman–Crippen LogP) is 2.17. The Morgan fingerprint density at radius 1 is 1.24 bits per heavy atom. The van der Waals surface area contributed by atoms with Crippen LogP contribution in [0.15, 0.2) is 40.9 Å². The topological polar surface area (TPSA) is 69.6 Å². The summed E-state index contributed by atoms with van der Waals surface area (Å²) in [6, 6.07) is 7.96. The number of rotatable bonds is 3. The molecule has 2 rings (SSSR count). The average molecular weight is 372 g/mol. The molecule has 2 aromatic carbocycles. The Kier molecular flexibility index (Phi) is 5.00. The molecule has 0 radical (unpaired) electrons. The first kappa shape index (κ1) is 16.0. The maximum absolute atomic E-state index is 13.0. The van der Waals surface area contributed by atoms with E-state index in [4.69, 9.17) is 21.6 Å². The molecule has 0 fully saturated rings. The molecule has 3 N–H and O–H groups in total. The van der Waals surface area contributed by atoms with Crippen molar-refractivity contribution in [2.75, 3.05) is 5.32 Å². The van der Waals surface area contributed by atoms with Crippen molar-refractivity contribution in [3.63, 3.8) is 0 Å². The van der Waals surface area contributed by atoms with E-state index in [0.717, 1.165) is 0 Å². The van der Waals surface area contributed by atoms with Gasteiger partial charge in [-0.25, -0.2) is 4.39 Å². The van der Waals surface area contributed by atoms with Crippen LogP contribution in [0.4, 0.5) is 10.1 Å². The fourth-order valence-corrected chi connectivity index (χ4v) is 2.33. The summed E-state index contributed by atoms with van der Waals surface area (Å²) < 4.78 is 13.4. The van der Waals surface area contributed by atoms with E-state index in [2.05, 4.69) is 21.2 Å². The molecule has 108 valence electrons. The zero-order chi connectivity index (χ0) is 15.6. The quantitative estimate of drug-likeness (QED) is 0.724. The minimum atomic E-state index is -1.78. The number of hydrogen-bond acceptors (Lipinski definition) is 3. The number of amides is 1. The van der Waals surface area contributed by atoms with Crippen molar-refractivity contribution in [3.8, 4) is 0 Å². The lowest BCUT2D eigenvalue weighted by Gasteiger charge is -2.09. The van der Waals surface area contributed by atoms with E-state index in [0.29, 0.717) is 10.2 Å². The number of benzene rings is 2. The van der Waals surface area contributed by atoms with E-state index >= 15 is 0 Å². The van der Waals surface area contributed by atoms with Gasteiger partial charge in [0.2, 0.25) is 0 Å². The molecule has 2 aromatic rings. The second kappa shape index (κ2) is 6.57. The Labute approximate surface area is 133 Å². The van der Waals surface area contributed by atoms with Crippen LogP contribution < -0.4 is 10.8 Å². The summed E-state index contributed by atoms with van der Waals surface area (Å²) in [6.45, 7) is 0. The molecule has 0 bridgehead atoms. The van der Waals surface area contributed by atoms with Gasteiger partial charge in [0.25, 0.3) is 5.91 Å². The summed E-state index contributed by atoms with van der Waals surface area (Å²) in [5.74, 6) is -0.919. The third kappa shape index (κ3) is 3.82. The molecule has 0 saturated heterocycles. The van der Waals surface area contributed by atoms with Crippen molar-refractivity contribution >= 4 is 51.7 Å². The van der Waals surface area contributed by atoms with Crippen molar-refractivity contribution < 1.29 is 19.2 Å². The van der Waals surface area contributed by atoms with E-state index in [1.165, 1.54) is 36.4 Å². The monoisotopic (exact) mass is 371 g/mol. The third-order valence-electron chi connectivity index (χ3n) is 2.72. The van der Waals surface area contributed by atoms with Gasteiger partial charge in [0.15, 0.2) is 0 Å². The van der Waals surface area contributed by atoms with Gasteiger partial charge in [-0.1, -0.05) is 11.6 Å². The van der Waals surface area contributed by atoms with Crippen molar-refractivity contribution in [1.29, 1.82) is 0 Å². The van der Waals surface area contributed by atoms with Gasteiger partial charge in [-0.05, 0) is 52.3 Å². The maximum Gasteiger partial charge on any atom is 0.489 e. The standard InChI is InChI=1S/C13H9BBrClFNO3/c15-10-6-8(17)2-4-12(10)18-13(19)7-1-3-11(16)9(5-7)14(20)21/h1-6,20-21H,(H,18,19). The molecular weight excluding hydrogens is 363 g/mol. The summed E-state index contributed by atoms with van der Waals surface area (Å²) in [7, 11) is -1.78. The largest absolute Gasteiger partial charge is 0.489 e.